The van der Waals surface area contributed by atoms with Gasteiger partial charge in [0.05, 0.1) is 17.1 Å². The summed E-state index contributed by atoms with van der Waals surface area (Å²) in [4.78, 5) is 15.0. The van der Waals surface area contributed by atoms with Crippen molar-refractivity contribution in [2.75, 3.05) is 0 Å². The number of fused-ring (bicyclic) bond motifs is 3. The van der Waals surface area contributed by atoms with Crippen LogP contribution < -0.4 is 0 Å². The van der Waals surface area contributed by atoms with E-state index in [9.17, 15) is 0 Å². The number of pyridine rings is 1. The minimum atomic E-state index is 0.645. The van der Waals surface area contributed by atoms with E-state index in [1.807, 2.05) is 30.5 Å². The normalized spacial score (nSPS) is 11.5. The highest BCUT2D eigenvalue weighted by atomic mass is 14.9. The molecule has 0 unspecified atom stereocenters. The number of rotatable bonds is 6. The van der Waals surface area contributed by atoms with Crippen molar-refractivity contribution in [3.63, 3.8) is 0 Å². The van der Waals surface area contributed by atoms with Gasteiger partial charge >= 0.3 is 0 Å². The summed E-state index contributed by atoms with van der Waals surface area (Å²) in [7, 11) is 0. The maximum atomic E-state index is 5.05. The van der Waals surface area contributed by atoms with Gasteiger partial charge in [-0.3, -0.25) is 4.98 Å². The monoisotopic (exact) mass is 661 g/mol. The summed E-state index contributed by atoms with van der Waals surface area (Å²) in [6.45, 7) is 0. The van der Waals surface area contributed by atoms with Crippen molar-refractivity contribution >= 4 is 10.8 Å². The number of hydrogen-bond acceptors (Lipinski definition) is 3. The Labute approximate surface area is 302 Å². The van der Waals surface area contributed by atoms with Gasteiger partial charge in [-0.05, 0) is 73.5 Å². The van der Waals surface area contributed by atoms with Crippen LogP contribution in [0.5, 0.6) is 0 Å². The molecule has 0 amide bonds. The van der Waals surface area contributed by atoms with E-state index in [0.29, 0.717) is 5.82 Å². The molecule has 7 aromatic carbocycles. The standard InChI is InChI=1S/C49H31N3/c1-3-10-32(11-4-1)33-18-22-37(23-19-33)47-30-46(35-12-5-2-6-13-35)51-49(52-47)38-26-29-45(50-31-38)36-24-20-34(21-25-36)39-27-28-44-41-15-8-7-14-40(41)43-17-9-16-42(39)48(43)44/h1-31H. The second-order valence-electron chi connectivity index (χ2n) is 13.2. The molecule has 0 bridgehead atoms. The van der Waals surface area contributed by atoms with E-state index in [-0.39, 0.29) is 0 Å². The molecule has 242 valence electrons. The highest BCUT2D eigenvalue weighted by molar-refractivity contribution is 6.18. The summed E-state index contributed by atoms with van der Waals surface area (Å²) >= 11 is 0. The molecule has 0 radical (unpaired) electrons. The molecule has 52 heavy (non-hydrogen) atoms. The van der Waals surface area contributed by atoms with E-state index in [2.05, 4.69) is 158 Å². The van der Waals surface area contributed by atoms with Crippen LogP contribution in [0, 0.1) is 0 Å². The van der Waals surface area contributed by atoms with E-state index in [4.69, 9.17) is 15.0 Å². The fraction of sp³-hybridized carbons (Fsp3) is 0. The lowest BCUT2D eigenvalue weighted by Crippen LogP contribution is -1.96. The molecule has 3 nitrogen and oxygen atoms in total. The van der Waals surface area contributed by atoms with Gasteiger partial charge in [0.2, 0.25) is 0 Å². The molecule has 0 spiro atoms. The van der Waals surface area contributed by atoms with Gasteiger partial charge in [-0.1, -0.05) is 164 Å². The van der Waals surface area contributed by atoms with E-state index in [1.165, 1.54) is 55.3 Å². The van der Waals surface area contributed by atoms with E-state index in [1.54, 1.807) is 0 Å². The minimum absolute atomic E-state index is 0.645. The van der Waals surface area contributed by atoms with Crippen LogP contribution in [0.1, 0.15) is 0 Å². The first-order valence-electron chi connectivity index (χ1n) is 17.6. The summed E-state index contributed by atoms with van der Waals surface area (Å²) in [5.74, 6) is 0.645. The summed E-state index contributed by atoms with van der Waals surface area (Å²) in [5.41, 5.74) is 16.7. The maximum Gasteiger partial charge on any atom is 0.161 e. The highest BCUT2D eigenvalue weighted by Crippen LogP contribution is 2.49. The minimum Gasteiger partial charge on any atom is -0.255 e. The Balaban J connectivity index is 0.966. The second kappa shape index (κ2) is 12.4. The molecule has 2 heterocycles. The lowest BCUT2D eigenvalue weighted by Gasteiger charge is -2.11. The molecule has 0 aliphatic heterocycles. The number of aromatic nitrogens is 3. The predicted octanol–water partition coefficient (Wildman–Crippen LogP) is 12.7. The molecular formula is C49H31N3. The van der Waals surface area contributed by atoms with Gasteiger partial charge in [0, 0.05) is 28.5 Å². The molecule has 0 fully saturated rings. The van der Waals surface area contributed by atoms with Crippen LogP contribution in [0.15, 0.2) is 188 Å². The van der Waals surface area contributed by atoms with Gasteiger partial charge in [0.1, 0.15) is 0 Å². The largest absolute Gasteiger partial charge is 0.255 e. The third-order valence-electron chi connectivity index (χ3n) is 10.1. The number of benzene rings is 7. The molecule has 9 aromatic rings. The fourth-order valence-electron chi connectivity index (χ4n) is 7.52. The van der Waals surface area contributed by atoms with Crippen LogP contribution >= 0.6 is 0 Å². The van der Waals surface area contributed by atoms with Crippen LogP contribution in [-0.2, 0) is 0 Å². The molecule has 2 aromatic heterocycles. The Morgan fingerprint density at radius 2 is 0.769 bits per heavy atom. The highest BCUT2D eigenvalue weighted by Gasteiger charge is 2.22. The van der Waals surface area contributed by atoms with Crippen molar-refractivity contribution in [3.8, 4) is 89.7 Å². The van der Waals surface area contributed by atoms with Crippen LogP contribution in [0.3, 0.4) is 0 Å². The third-order valence-corrected chi connectivity index (χ3v) is 10.1. The van der Waals surface area contributed by atoms with Crippen LogP contribution in [-0.4, -0.2) is 15.0 Å². The zero-order valence-electron chi connectivity index (χ0n) is 28.2. The molecule has 3 heteroatoms. The Hall–Kier alpha value is -6.97. The van der Waals surface area contributed by atoms with Crippen LogP contribution in [0.25, 0.3) is 100 Å². The Bertz CT molecular complexity index is 2710. The Morgan fingerprint density at radius 1 is 0.288 bits per heavy atom. The average Bonchev–Trinajstić information content (AvgIpc) is 3.56. The van der Waals surface area contributed by atoms with Gasteiger partial charge in [-0.15, -0.1) is 0 Å². The number of nitrogens with zero attached hydrogens (tertiary/aromatic N) is 3. The SMILES string of the molecule is c1ccc(-c2ccc(-c3cc(-c4ccccc4)nc(-c4ccc(-c5ccc(-c6ccc7c8c(cccc68)-c6ccccc6-7)cc5)nc4)n3)cc2)cc1. The lowest BCUT2D eigenvalue weighted by molar-refractivity contribution is 1.17. The van der Waals surface area contributed by atoms with Crippen molar-refractivity contribution in [2.45, 2.75) is 0 Å². The number of hydrogen-bond donors (Lipinski definition) is 0. The summed E-state index contributed by atoms with van der Waals surface area (Å²) < 4.78 is 0. The van der Waals surface area contributed by atoms with Crippen molar-refractivity contribution in [3.05, 3.63) is 188 Å². The molecule has 0 atom stereocenters. The van der Waals surface area contributed by atoms with Gasteiger partial charge in [0.25, 0.3) is 0 Å². The van der Waals surface area contributed by atoms with Crippen molar-refractivity contribution in [1.29, 1.82) is 0 Å². The predicted molar refractivity (Wildman–Crippen MR) is 214 cm³/mol. The second-order valence-corrected chi connectivity index (χ2v) is 13.2. The van der Waals surface area contributed by atoms with Gasteiger partial charge in [-0.25, -0.2) is 9.97 Å². The average molecular weight is 662 g/mol. The lowest BCUT2D eigenvalue weighted by atomic mass is 9.93. The van der Waals surface area contributed by atoms with Crippen molar-refractivity contribution in [2.24, 2.45) is 0 Å². The summed E-state index contributed by atoms with van der Waals surface area (Å²) in [5, 5.41) is 2.62. The van der Waals surface area contributed by atoms with E-state index >= 15 is 0 Å². The molecular weight excluding hydrogens is 631 g/mol. The van der Waals surface area contributed by atoms with Gasteiger partial charge in [0.15, 0.2) is 5.82 Å². The van der Waals surface area contributed by atoms with Crippen LogP contribution in [0.2, 0.25) is 0 Å². The van der Waals surface area contributed by atoms with Crippen molar-refractivity contribution < 1.29 is 0 Å². The zero-order valence-corrected chi connectivity index (χ0v) is 28.2. The van der Waals surface area contributed by atoms with Gasteiger partial charge < -0.3 is 0 Å². The first-order valence-corrected chi connectivity index (χ1v) is 17.6. The fourth-order valence-corrected chi connectivity index (χ4v) is 7.52. The van der Waals surface area contributed by atoms with E-state index < -0.39 is 0 Å². The van der Waals surface area contributed by atoms with Crippen LogP contribution in [0.4, 0.5) is 0 Å². The smallest absolute Gasteiger partial charge is 0.161 e. The third kappa shape index (κ3) is 5.19. The molecule has 0 saturated carbocycles. The molecule has 1 aliphatic rings. The zero-order chi connectivity index (χ0) is 34.4. The molecule has 1 aliphatic carbocycles. The quantitative estimate of drug-likeness (QED) is 0.178. The Morgan fingerprint density at radius 3 is 1.42 bits per heavy atom. The van der Waals surface area contributed by atoms with E-state index in [0.717, 1.165) is 39.3 Å². The Kier molecular flexibility index (Phi) is 7.14. The molecule has 0 N–H and O–H groups in total. The van der Waals surface area contributed by atoms with Crippen molar-refractivity contribution in [1.82, 2.24) is 15.0 Å². The summed E-state index contributed by atoms with van der Waals surface area (Å²) in [6.07, 6.45) is 1.89. The summed E-state index contributed by atoms with van der Waals surface area (Å²) in [6, 6.07) is 64.2. The topological polar surface area (TPSA) is 38.7 Å². The first-order chi connectivity index (χ1) is 25.8. The van der Waals surface area contributed by atoms with Gasteiger partial charge in [-0.2, -0.15) is 0 Å². The molecule has 10 rings (SSSR count). The maximum absolute atomic E-state index is 5.05. The first kappa shape index (κ1) is 29.9. The molecule has 0 saturated heterocycles.